The van der Waals surface area contributed by atoms with Crippen LogP contribution in [0.15, 0.2) is 0 Å². The molecule has 0 radical (unpaired) electrons. The third-order valence-corrected chi connectivity index (χ3v) is 5.94. The maximum atomic E-state index is 6.12. The molecule has 1 aliphatic heterocycles. The average molecular weight is 310 g/mol. The van der Waals surface area contributed by atoms with Gasteiger partial charge in [-0.05, 0) is 0 Å². The second kappa shape index (κ2) is 7.91. The summed E-state index contributed by atoms with van der Waals surface area (Å²) in [6, 6.07) is 0.504. The molecule has 14 heavy (non-hydrogen) atoms. The minimum absolute atomic E-state index is 0.497. The Bertz CT molecular complexity index is 124. The number of hydrogen-bond donors (Lipinski definition) is 1. The van der Waals surface area contributed by atoms with Gasteiger partial charge in [0.2, 0.25) is 0 Å². The molecule has 1 rings (SSSR count). The van der Waals surface area contributed by atoms with Gasteiger partial charge in [-0.25, -0.2) is 0 Å². The van der Waals surface area contributed by atoms with Gasteiger partial charge in [0.25, 0.3) is 0 Å². The molecule has 1 fully saturated rings. The van der Waals surface area contributed by atoms with Crippen LogP contribution in [-0.4, -0.2) is 14.9 Å². The molecular weight excluding hydrogens is 285 g/mol. The van der Waals surface area contributed by atoms with Crippen molar-refractivity contribution >= 4 is 0 Å². The normalized spacial score (nSPS) is 33.6. The Balaban J connectivity index is 2.22. The molecule has 1 heterocycles. The number of alkyl halides is 2. The third kappa shape index (κ3) is 6.23. The molecule has 0 aromatic carbocycles. The first-order valence-electron chi connectivity index (χ1n) is 6.08. The minimum atomic E-state index is 0.497. The Kier molecular flexibility index (Phi) is 7.21. The fraction of sp³-hybridized carbons (Fsp3) is 1.00. The van der Waals surface area contributed by atoms with Crippen molar-refractivity contribution in [1.82, 2.24) is 0 Å². The summed E-state index contributed by atoms with van der Waals surface area (Å²) in [6.07, 6.45) is 9.86. The summed E-state index contributed by atoms with van der Waals surface area (Å²) in [7, 11) is 0. The quantitative estimate of drug-likeness (QED) is 0.486. The Morgan fingerprint density at radius 3 is 2.64 bits per heavy atom. The third-order valence-electron chi connectivity index (χ3n) is 3.03. The van der Waals surface area contributed by atoms with Gasteiger partial charge < -0.3 is 0 Å². The average Bonchev–Trinajstić information content (AvgIpc) is 2.13. The zero-order valence-electron chi connectivity index (χ0n) is 9.47. The van der Waals surface area contributed by atoms with Gasteiger partial charge in [0, 0.05) is 0 Å². The molecule has 2 heteroatoms. The molecule has 0 aliphatic carbocycles. The van der Waals surface area contributed by atoms with Crippen LogP contribution in [0.3, 0.4) is 0 Å². The molecule has 86 valence electrons. The van der Waals surface area contributed by atoms with Gasteiger partial charge in [0.1, 0.15) is 0 Å². The molecule has 0 aromatic heterocycles. The monoisotopic (exact) mass is 310 g/mol. The summed E-state index contributed by atoms with van der Waals surface area (Å²) in [5, 5.41) is 0. The van der Waals surface area contributed by atoms with E-state index in [9.17, 15) is 0 Å². The van der Waals surface area contributed by atoms with Crippen molar-refractivity contribution in [3.8, 4) is 0 Å². The zero-order chi connectivity index (χ0) is 10.2. The Hall–Kier alpha value is 0.690. The van der Waals surface area contributed by atoms with Gasteiger partial charge in [0.05, 0.1) is 0 Å². The van der Waals surface area contributed by atoms with Crippen LogP contribution in [0.25, 0.3) is 0 Å². The molecule has 2 N–H and O–H groups in total. The first-order chi connectivity index (χ1) is 6.79. The summed E-state index contributed by atoms with van der Waals surface area (Å²) < 4.78 is 3.01. The van der Waals surface area contributed by atoms with E-state index in [1.807, 2.05) is 0 Å². The van der Waals surface area contributed by atoms with Crippen LogP contribution >= 0.6 is 0 Å². The van der Waals surface area contributed by atoms with Crippen molar-refractivity contribution in [2.24, 2.45) is 11.7 Å². The summed E-state index contributed by atoms with van der Waals surface area (Å²) in [4.78, 5) is 0. The molecule has 2 atom stereocenters. The van der Waals surface area contributed by atoms with E-state index in [4.69, 9.17) is 5.73 Å². The topological polar surface area (TPSA) is 26.0 Å². The fourth-order valence-corrected chi connectivity index (χ4v) is 4.96. The van der Waals surface area contributed by atoms with Crippen LogP contribution in [0.4, 0.5) is 0 Å². The Labute approximate surface area is 99.5 Å². The molecule has 0 aromatic rings. The fourth-order valence-electron chi connectivity index (χ4n) is 2.10. The van der Waals surface area contributed by atoms with Gasteiger partial charge in [-0.1, -0.05) is 0 Å². The molecule has 1 aliphatic rings. The second-order valence-electron chi connectivity index (χ2n) is 4.66. The number of nitrogens with two attached hydrogens (primary N) is 1. The zero-order valence-corrected chi connectivity index (χ0v) is 11.6. The summed E-state index contributed by atoms with van der Waals surface area (Å²) in [5.41, 5.74) is 6.12. The van der Waals surface area contributed by atoms with Crippen LogP contribution in [-0.2, 0) is 0 Å². The first kappa shape index (κ1) is 12.8. The van der Waals surface area contributed by atoms with E-state index in [0.717, 1.165) is 5.92 Å². The molecule has 1 saturated heterocycles. The molecule has 0 saturated carbocycles. The van der Waals surface area contributed by atoms with Crippen molar-refractivity contribution in [1.29, 1.82) is 0 Å². The first-order valence-corrected chi connectivity index (χ1v) is 9.13. The summed E-state index contributed by atoms with van der Waals surface area (Å²) >= 11 is 0.497. The van der Waals surface area contributed by atoms with Crippen LogP contribution in [0.5, 0.6) is 0 Å². The van der Waals surface area contributed by atoms with Gasteiger partial charge in [-0.15, -0.1) is 0 Å². The van der Waals surface area contributed by atoms with E-state index in [1.54, 1.807) is 4.43 Å². The standard InChI is InChI=1S/C12H25IN/c1-11-6-4-2-3-5-8-13-9-7-12(14)10-11/h11-12H,2-10,14H2,1H3/q-1/t11-,12?/m1/s1. The SMILES string of the molecule is C[C@@H]1CCCCCC[I-]CCC(N)C1. The van der Waals surface area contributed by atoms with Crippen molar-refractivity contribution in [3.63, 3.8) is 0 Å². The van der Waals surface area contributed by atoms with Gasteiger partial charge in [-0.3, -0.25) is 0 Å². The predicted octanol–water partition coefficient (Wildman–Crippen LogP) is -0.217. The van der Waals surface area contributed by atoms with Gasteiger partial charge in [-0.2, -0.15) is 0 Å². The maximum absolute atomic E-state index is 6.12. The van der Waals surface area contributed by atoms with E-state index < -0.39 is 0 Å². The van der Waals surface area contributed by atoms with Gasteiger partial charge >= 0.3 is 99.6 Å². The Morgan fingerprint density at radius 2 is 1.79 bits per heavy atom. The van der Waals surface area contributed by atoms with Crippen molar-refractivity contribution in [3.05, 3.63) is 0 Å². The number of halogens is 1. The number of rotatable bonds is 0. The number of hydrogen-bond acceptors (Lipinski definition) is 1. The van der Waals surface area contributed by atoms with E-state index in [-0.39, 0.29) is 0 Å². The molecule has 0 bridgehead atoms. The molecule has 1 unspecified atom stereocenters. The van der Waals surface area contributed by atoms with Crippen LogP contribution < -0.4 is 26.9 Å². The second-order valence-corrected chi connectivity index (χ2v) is 7.90. The van der Waals surface area contributed by atoms with Crippen LogP contribution in [0.1, 0.15) is 51.9 Å². The van der Waals surface area contributed by atoms with E-state index in [0.29, 0.717) is 27.2 Å². The van der Waals surface area contributed by atoms with Crippen molar-refractivity contribution in [2.75, 3.05) is 8.86 Å². The molecule has 0 spiro atoms. The summed E-state index contributed by atoms with van der Waals surface area (Å²) in [5.74, 6) is 0.864. The Morgan fingerprint density at radius 1 is 1.00 bits per heavy atom. The van der Waals surface area contributed by atoms with E-state index in [1.165, 1.54) is 49.4 Å². The predicted molar refractivity (Wildman–Crippen MR) is 59.2 cm³/mol. The molecule has 0 amide bonds. The van der Waals surface area contributed by atoms with Crippen LogP contribution in [0, 0.1) is 5.92 Å². The van der Waals surface area contributed by atoms with Crippen LogP contribution in [0.2, 0.25) is 0 Å². The van der Waals surface area contributed by atoms with E-state index >= 15 is 0 Å². The van der Waals surface area contributed by atoms with Gasteiger partial charge in [0.15, 0.2) is 0 Å². The molecule has 1 nitrogen and oxygen atoms in total. The van der Waals surface area contributed by atoms with Crippen molar-refractivity contribution < 1.29 is 21.2 Å². The molecular formula is C12H25IN-. The van der Waals surface area contributed by atoms with E-state index in [2.05, 4.69) is 6.92 Å². The summed E-state index contributed by atoms with van der Waals surface area (Å²) in [6.45, 7) is 2.38. The van der Waals surface area contributed by atoms with Crippen molar-refractivity contribution in [2.45, 2.75) is 57.9 Å².